The third-order valence-electron chi connectivity index (χ3n) is 5.52. The van der Waals surface area contributed by atoms with E-state index in [1.165, 1.54) is 23.0 Å². The summed E-state index contributed by atoms with van der Waals surface area (Å²) in [6.45, 7) is 3.65. The van der Waals surface area contributed by atoms with Crippen LogP contribution in [0.5, 0.6) is 17.2 Å². The quantitative estimate of drug-likeness (QED) is 0.466. The first-order chi connectivity index (χ1) is 16.8. The number of esters is 1. The lowest BCUT2D eigenvalue weighted by atomic mass is 9.96. The molecule has 2 aromatic carbocycles. The SMILES string of the molecule is CCOC(=O)C1=C(C)N=c2s/c(=C/c3cc(Br)cc(OC)c3O)c(=O)n2C1c1ccc(OC)cc1. The van der Waals surface area contributed by atoms with Crippen LogP contribution in [0.3, 0.4) is 0 Å². The minimum atomic E-state index is -0.732. The Morgan fingerprint density at radius 2 is 1.94 bits per heavy atom. The molecule has 1 aromatic heterocycles. The first kappa shape index (κ1) is 24.7. The second-order valence-corrected chi connectivity index (χ2v) is 9.55. The van der Waals surface area contributed by atoms with Crippen LogP contribution in [0.4, 0.5) is 0 Å². The fourth-order valence-electron chi connectivity index (χ4n) is 3.89. The summed E-state index contributed by atoms with van der Waals surface area (Å²) in [7, 11) is 3.02. The van der Waals surface area contributed by atoms with Crippen molar-refractivity contribution in [2.75, 3.05) is 20.8 Å². The molecule has 1 aliphatic rings. The topological polar surface area (TPSA) is 99.4 Å². The zero-order valence-electron chi connectivity index (χ0n) is 19.5. The summed E-state index contributed by atoms with van der Waals surface area (Å²) in [6, 6.07) is 9.75. The van der Waals surface area contributed by atoms with Crippen LogP contribution >= 0.6 is 27.3 Å². The molecule has 182 valence electrons. The number of allylic oxidation sites excluding steroid dienone is 1. The summed E-state index contributed by atoms with van der Waals surface area (Å²) >= 11 is 4.57. The third-order valence-corrected chi connectivity index (χ3v) is 6.97. The van der Waals surface area contributed by atoms with Crippen molar-refractivity contribution < 1.29 is 24.1 Å². The van der Waals surface area contributed by atoms with Gasteiger partial charge in [-0.25, -0.2) is 9.79 Å². The van der Waals surface area contributed by atoms with Crippen molar-refractivity contribution >= 4 is 39.3 Å². The Hall–Kier alpha value is -3.37. The van der Waals surface area contributed by atoms with Crippen LogP contribution in [0, 0.1) is 0 Å². The number of rotatable bonds is 6. The van der Waals surface area contributed by atoms with E-state index in [1.54, 1.807) is 51.3 Å². The summed E-state index contributed by atoms with van der Waals surface area (Å²) in [5.74, 6) is 0.309. The van der Waals surface area contributed by atoms with E-state index < -0.39 is 12.0 Å². The van der Waals surface area contributed by atoms with E-state index in [0.29, 0.717) is 42.0 Å². The molecule has 0 fully saturated rings. The van der Waals surface area contributed by atoms with E-state index in [4.69, 9.17) is 14.2 Å². The van der Waals surface area contributed by atoms with Crippen molar-refractivity contribution in [1.29, 1.82) is 0 Å². The largest absolute Gasteiger partial charge is 0.504 e. The summed E-state index contributed by atoms with van der Waals surface area (Å²) in [5.41, 5.74) is 1.54. The van der Waals surface area contributed by atoms with Crippen LogP contribution in [-0.2, 0) is 9.53 Å². The second kappa shape index (κ2) is 10.1. The van der Waals surface area contributed by atoms with E-state index in [9.17, 15) is 14.7 Å². The molecule has 1 atom stereocenters. The number of fused-ring (bicyclic) bond motifs is 1. The van der Waals surface area contributed by atoms with Crippen molar-refractivity contribution in [3.05, 3.63) is 83.0 Å². The molecular weight excluding hydrogens is 536 g/mol. The van der Waals surface area contributed by atoms with E-state index in [2.05, 4.69) is 20.9 Å². The minimum absolute atomic E-state index is 0.0865. The number of phenolic OH excluding ortho intramolecular Hbond substituents is 1. The van der Waals surface area contributed by atoms with Crippen molar-refractivity contribution in [1.82, 2.24) is 4.57 Å². The number of aromatic hydroxyl groups is 1. The smallest absolute Gasteiger partial charge is 0.338 e. The van der Waals surface area contributed by atoms with Gasteiger partial charge in [0.25, 0.3) is 5.56 Å². The predicted octanol–water partition coefficient (Wildman–Crippen LogP) is 3.28. The van der Waals surface area contributed by atoms with E-state index >= 15 is 0 Å². The fourth-order valence-corrected chi connectivity index (χ4v) is 5.39. The monoisotopic (exact) mass is 558 g/mol. The predicted molar refractivity (Wildman–Crippen MR) is 136 cm³/mol. The molecule has 3 aromatic rings. The van der Waals surface area contributed by atoms with Crippen LogP contribution in [0.1, 0.15) is 31.0 Å². The van der Waals surface area contributed by atoms with Gasteiger partial charge in [0.1, 0.15) is 5.75 Å². The molecular formula is C25H23BrN2O6S. The van der Waals surface area contributed by atoms with Gasteiger partial charge in [-0.2, -0.15) is 0 Å². The summed E-state index contributed by atoms with van der Waals surface area (Å²) in [5, 5.41) is 10.6. The van der Waals surface area contributed by atoms with Crippen molar-refractivity contribution in [3.63, 3.8) is 0 Å². The van der Waals surface area contributed by atoms with Gasteiger partial charge in [-0.3, -0.25) is 9.36 Å². The highest BCUT2D eigenvalue weighted by Crippen LogP contribution is 2.34. The number of carbonyl (C=O) groups excluding carboxylic acids is 1. The zero-order valence-corrected chi connectivity index (χ0v) is 21.9. The van der Waals surface area contributed by atoms with Gasteiger partial charge in [-0.15, -0.1) is 0 Å². The summed E-state index contributed by atoms with van der Waals surface area (Å²) in [4.78, 5) is 31.6. The molecule has 2 heterocycles. The molecule has 4 rings (SSSR count). The summed E-state index contributed by atoms with van der Waals surface area (Å²) < 4.78 is 18.3. The van der Waals surface area contributed by atoms with E-state index in [-0.39, 0.29) is 23.7 Å². The van der Waals surface area contributed by atoms with Crippen LogP contribution in [-0.4, -0.2) is 36.5 Å². The van der Waals surface area contributed by atoms with Crippen molar-refractivity contribution in [2.45, 2.75) is 19.9 Å². The van der Waals surface area contributed by atoms with Crippen LogP contribution in [0.15, 0.2) is 61.9 Å². The van der Waals surface area contributed by atoms with E-state index in [0.717, 1.165) is 0 Å². The lowest BCUT2D eigenvalue weighted by Crippen LogP contribution is -2.39. The molecule has 0 saturated heterocycles. The second-order valence-electron chi connectivity index (χ2n) is 7.62. The third kappa shape index (κ3) is 4.63. The Morgan fingerprint density at radius 3 is 2.57 bits per heavy atom. The number of benzene rings is 2. The number of ether oxygens (including phenoxy) is 3. The Kier molecular flexibility index (Phi) is 7.13. The molecule has 1 unspecified atom stereocenters. The van der Waals surface area contributed by atoms with Crippen molar-refractivity contribution in [3.8, 4) is 17.2 Å². The number of nitrogens with zero attached hydrogens (tertiary/aromatic N) is 2. The van der Waals surface area contributed by atoms with E-state index in [1.807, 2.05) is 12.1 Å². The average molecular weight is 559 g/mol. The van der Waals surface area contributed by atoms with Gasteiger partial charge in [0, 0.05) is 10.0 Å². The first-order valence-corrected chi connectivity index (χ1v) is 12.3. The van der Waals surface area contributed by atoms with Crippen LogP contribution < -0.4 is 24.4 Å². The lowest BCUT2D eigenvalue weighted by molar-refractivity contribution is -0.139. The Morgan fingerprint density at radius 1 is 1.23 bits per heavy atom. The average Bonchev–Trinajstić information content (AvgIpc) is 3.14. The van der Waals surface area contributed by atoms with Gasteiger partial charge >= 0.3 is 5.97 Å². The highest BCUT2D eigenvalue weighted by atomic mass is 79.9. The highest BCUT2D eigenvalue weighted by molar-refractivity contribution is 9.10. The molecule has 35 heavy (non-hydrogen) atoms. The molecule has 1 N–H and O–H groups in total. The number of hydrogen-bond donors (Lipinski definition) is 1. The van der Waals surface area contributed by atoms with Gasteiger partial charge in [-0.1, -0.05) is 39.4 Å². The maximum atomic E-state index is 13.7. The number of methoxy groups -OCH3 is 2. The molecule has 0 amide bonds. The highest BCUT2D eigenvalue weighted by Gasteiger charge is 2.33. The molecule has 0 spiro atoms. The number of thiazole rings is 1. The number of halogens is 1. The molecule has 0 radical (unpaired) electrons. The maximum Gasteiger partial charge on any atom is 0.338 e. The van der Waals surface area contributed by atoms with Gasteiger partial charge in [-0.05, 0) is 49.8 Å². The molecule has 10 heteroatoms. The van der Waals surface area contributed by atoms with Crippen molar-refractivity contribution in [2.24, 2.45) is 4.99 Å². The Bertz CT molecular complexity index is 1500. The zero-order chi connectivity index (χ0) is 25.3. The van der Waals surface area contributed by atoms with Gasteiger partial charge in [0.2, 0.25) is 0 Å². The van der Waals surface area contributed by atoms with Crippen LogP contribution in [0.25, 0.3) is 6.08 Å². The molecule has 0 aliphatic carbocycles. The number of carbonyl (C=O) groups is 1. The lowest BCUT2D eigenvalue weighted by Gasteiger charge is -2.24. The van der Waals surface area contributed by atoms with Gasteiger partial charge < -0.3 is 19.3 Å². The molecule has 1 aliphatic heterocycles. The van der Waals surface area contributed by atoms with Gasteiger partial charge in [0.15, 0.2) is 16.3 Å². The van der Waals surface area contributed by atoms with Gasteiger partial charge in [0.05, 0.1) is 42.7 Å². The first-order valence-electron chi connectivity index (χ1n) is 10.7. The molecule has 0 saturated carbocycles. The normalized spacial score (nSPS) is 15.5. The number of hydrogen-bond acceptors (Lipinski definition) is 8. The fraction of sp³-hybridized carbons (Fsp3) is 0.240. The molecule has 0 bridgehead atoms. The number of phenols is 1. The maximum absolute atomic E-state index is 13.7. The Labute approximate surface area is 213 Å². The Balaban J connectivity index is 1.96. The minimum Gasteiger partial charge on any atom is -0.504 e. The number of aromatic nitrogens is 1. The standard InChI is InChI=1S/C25H23BrN2O6S/c1-5-34-24(31)20-13(2)27-25-28(21(20)14-6-8-17(32-3)9-7-14)23(30)19(35-25)11-15-10-16(26)12-18(33-4)22(15)29/h6-12,21,29H,5H2,1-4H3/b19-11+. The summed E-state index contributed by atoms with van der Waals surface area (Å²) in [6.07, 6.45) is 1.58. The molecule has 8 nitrogen and oxygen atoms in total. The van der Waals surface area contributed by atoms with Crippen LogP contribution in [0.2, 0.25) is 0 Å².